The maximum absolute atomic E-state index is 13.0. The number of hydrogen-bond acceptors (Lipinski definition) is 3. The van der Waals surface area contributed by atoms with Gasteiger partial charge in [0.25, 0.3) is 5.91 Å². The minimum Gasteiger partial charge on any atom is -0.337 e. The molecule has 28 heavy (non-hydrogen) atoms. The molecule has 1 amide bonds. The largest absolute Gasteiger partial charge is 0.337 e. The van der Waals surface area contributed by atoms with Gasteiger partial charge in [0.15, 0.2) is 0 Å². The van der Waals surface area contributed by atoms with Gasteiger partial charge >= 0.3 is 0 Å². The molecule has 0 saturated carbocycles. The third-order valence-corrected chi connectivity index (χ3v) is 4.70. The van der Waals surface area contributed by atoms with E-state index >= 15 is 0 Å². The zero-order chi connectivity index (χ0) is 20.1. The summed E-state index contributed by atoms with van der Waals surface area (Å²) in [5.74, 6) is 0.0200. The van der Waals surface area contributed by atoms with E-state index in [9.17, 15) is 4.79 Å². The van der Waals surface area contributed by atoms with Crippen molar-refractivity contribution in [1.82, 2.24) is 14.8 Å². The van der Waals surface area contributed by atoms with E-state index in [1.807, 2.05) is 50.5 Å². The van der Waals surface area contributed by atoms with E-state index in [-0.39, 0.29) is 5.91 Å². The molecule has 0 spiro atoms. The van der Waals surface area contributed by atoms with Crippen molar-refractivity contribution in [2.24, 2.45) is 0 Å². The quantitative estimate of drug-likeness (QED) is 0.643. The van der Waals surface area contributed by atoms with Crippen molar-refractivity contribution >= 4 is 5.91 Å². The average Bonchev–Trinajstić information content (AvgIpc) is 2.67. The maximum atomic E-state index is 13.0. The molecule has 3 rings (SSSR count). The molecule has 144 valence electrons. The number of aromatic nitrogens is 1. The van der Waals surface area contributed by atoms with Crippen LogP contribution in [0.3, 0.4) is 0 Å². The Balaban J connectivity index is 1.77. The number of carbonyl (C=O) groups is 1. The van der Waals surface area contributed by atoms with Crippen molar-refractivity contribution in [2.45, 2.75) is 20.0 Å². The van der Waals surface area contributed by atoms with Crippen LogP contribution in [0.15, 0.2) is 67.0 Å². The highest BCUT2D eigenvalue weighted by Gasteiger charge is 2.14. The monoisotopic (exact) mass is 373 g/mol. The molecule has 4 heteroatoms. The van der Waals surface area contributed by atoms with E-state index in [1.165, 1.54) is 5.56 Å². The predicted molar refractivity (Wildman–Crippen MR) is 114 cm³/mol. The molecule has 1 aromatic heterocycles. The van der Waals surface area contributed by atoms with Crippen molar-refractivity contribution in [3.8, 4) is 11.1 Å². The lowest BCUT2D eigenvalue weighted by Gasteiger charge is -2.19. The lowest BCUT2D eigenvalue weighted by molar-refractivity contribution is 0.0785. The number of benzene rings is 2. The first-order valence-electron chi connectivity index (χ1n) is 9.43. The van der Waals surface area contributed by atoms with Gasteiger partial charge in [0.05, 0.1) is 0 Å². The highest BCUT2D eigenvalue weighted by atomic mass is 16.2. The predicted octanol–water partition coefficient (Wildman–Crippen LogP) is 4.39. The maximum Gasteiger partial charge on any atom is 0.253 e. The summed E-state index contributed by atoms with van der Waals surface area (Å²) in [4.78, 5) is 21.0. The molecule has 0 aliphatic rings. The molecule has 0 N–H and O–H groups in total. The van der Waals surface area contributed by atoms with Crippen molar-refractivity contribution in [2.75, 3.05) is 21.1 Å². The topological polar surface area (TPSA) is 36.4 Å². The Morgan fingerprint density at radius 1 is 0.929 bits per heavy atom. The fraction of sp³-hybridized carbons (Fsp3) is 0.250. The summed E-state index contributed by atoms with van der Waals surface area (Å²) >= 11 is 0. The molecule has 0 atom stereocenters. The van der Waals surface area contributed by atoms with Crippen molar-refractivity contribution < 1.29 is 4.79 Å². The van der Waals surface area contributed by atoms with E-state index in [4.69, 9.17) is 0 Å². The van der Waals surface area contributed by atoms with Crippen LogP contribution in [0.2, 0.25) is 0 Å². The fourth-order valence-corrected chi connectivity index (χ4v) is 3.37. The summed E-state index contributed by atoms with van der Waals surface area (Å²) in [6.07, 6.45) is 3.63. The van der Waals surface area contributed by atoms with E-state index in [1.54, 1.807) is 11.1 Å². The Bertz CT molecular complexity index is 965. The normalized spacial score (nSPS) is 10.9. The summed E-state index contributed by atoms with van der Waals surface area (Å²) in [6.45, 7) is 3.50. The molecule has 0 radical (unpaired) electrons. The third kappa shape index (κ3) is 4.84. The average molecular weight is 374 g/mol. The number of nitrogens with zero attached hydrogens (tertiary/aromatic N) is 3. The summed E-state index contributed by atoms with van der Waals surface area (Å²) in [7, 11) is 5.96. The number of rotatable bonds is 6. The number of amides is 1. The molecule has 3 aromatic rings. The van der Waals surface area contributed by atoms with Crippen LogP contribution in [0.4, 0.5) is 0 Å². The van der Waals surface area contributed by atoms with Gasteiger partial charge in [0.1, 0.15) is 0 Å². The first-order chi connectivity index (χ1) is 13.4. The third-order valence-electron chi connectivity index (χ3n) is 4.70. The number of carbonyl (C=O) groups excluding carboxylic acids is 1. The molecular weight excluding hydrogens is 346 g/mol. The summed E-state index contributed by atoms with van der Waals surface area (Å²) in [5, 5.41) is 0. The van der Waals surface area contributed by atoms with E-state index in [0.29, 0.717) is 12.1 Å². The van der Waals surface area contributed by atoms with Crippen LogP contribution in [-0.4, -0.2) is 41.8 Å². The smallest absolute Gasteiger partial charge is 0.253 e. The van der Waals surface area contributed by atoms with Gasteiger partial charge in [-0.25, -0.2) is 0 Å². The zero-order valence-electron chi connectivity index (χ0n) is 17.0. The number of aryl methyl sites for hydroxylation is 1. The van der Waals surface area contributed by atoms with Crippen LogP contribution < -0.4 is 0 Å². The molecule has 0 fully saturated rings. The van der Waals surface area contributed by atoms with E-state index in [0.717, 1.165) is 28.8 Å². The second kappa shape index (κ2) is 8.81. The summed E-state index contributed by atoms with van der Waals surface area (Å²) in [5.41, 5.74) is 6.31. The van der Waals surface area contributed by atoms with Crippen LogP contribution in [0.1, 0.15) is 27.0 Å². The van der Waals surface area contributed by atoms with Crippen LogP contribution in [0, 0.1) is 6.92 Å². The molecule has 0 saturated heterocycles. The second-order valence-electron chi connectivity index (χ2n) is 7.49. The number of hydrogen-bond donors (Lipinski definition) is 0. The minimum absolute atomic E-state index is 0.0200. The minimum atomic E-state index is 0.0200. The van der Waals surface area contributed by atoms with Gasteiger partial charge in [-0.3, -0.25) is 9.78 Å². The molecule has 0 aliphatic heterocycles. The van der Waals surface area contributed by atoms with Gasteiger partial charge in [-0.2, -0.15) is 0 Å². The molecule has 0 aliphatic carbocycles. The van der Waals surface area contributed by atoms with Crippen LogP contribution in [-0.2, 0) is 13.1 Å². The fourth-order valence-electron chi connectivity index (χ4n) is 3.37. The molecule has 0 unspecified atom stereocenters. The Kier molecular flexibility index (Phi) is 6.22. The highest BCUT2D eigenvalue weighted by Crippen LogP contribution is 2.24. The first kappa shape index (κ1) is 19.8. The van der Waals surface area contributed by atoms with Crippen molar-refractivity contribution in [1.29, 1.82) is 0 Å². The Morgan fingerprint density at radius 2 is 1.64 bits per heavy atom. The van der Waals surface area contributed by atoms with Gasteiger partial charge in [-0.15, -0.1) is 0 Å². The molecule has 2 aromatic carbocycles. The molecule has 4 nitrogen and oxygen atoms in total. The zero-order valence-corrected chi connectivity index (χ0v) is 17.0. The van der Waals surface area contributed by atoms with Gasteiger partial charge in [-0.1, -0.05) is 36.4 Å². The molecular formula is C24H27N3O. The van der Waals surface area contributed by atoms with Crippen LogP contribution >= 0.6 is 0 Å². The Hall–Kier alpha value is -2.98. The Labute approximate surface area is 167 Å². The summed E-state index contributed by atoms with van der Waals surface area (Å²) < 4.78 is 0. The van der Waals surface area contributed by atoms with Crippen molar-refractivity contribution in [3.05, 3.63) is 89.2 Å². The second-order valence-corrected chi connectivity index (χ2v) is 7.49. The molecule has 1 heterocycles. The highest BCUT2D eigenvalue weighted by molar-refractivity contribution is 5.95. The SMILES string of the molecule is Cc1cnccc1-c1cccc(C(=O)N(C)Cc2cccc(CN(C)C)c2)c1. The summed E-state index contributed by atoms with van der Waals surface area (Å²) in [6, 6.07) is 18.2. The van der Waals surface area contributed by atoms with E-state index in [2.05, 4.69) is 48.2 Å². The van der Waals surface area contributed by atoms with Crippen molar-refractivity contribution in [3.63, 3.8) is 0 Å². The standard InChI is InChI=1S/C24H27N3O/c1-18-15-25-12-11-23(18)21-9-6-10-22(14-21)24(28)27(4)17-20-8-5-7-19(13-20)16-26(2)3/h5-15H,16-17H2,1-4H3. The van der Waals surface area contributed by atoms with E-state index < -0.39 is 0 Å². The number of pyridine rings is 1. The lowest BCUT2D eigenvalue weighted by Crippen LogP contribution is -2.26. The van der Waals surface area contributed by atoms with Gasteiger partial charge in [0, 0.05) is 38.1 Å². The Morgan fingerprint density at radius 3 is 2.36 bits per heavy atom. The van der Waals surface area contributed by atoms with Crippen LogP contribution in [0.25, 0.3) is 11.1 Å². The van der Waals surface area contributed by atoms with Gasteiger partial charge in [0.2, 0.25) is 0 Å². The van der Waals surface area contributed by atoms with Crippen LogP contribution in [0.5, 0.6) is 0 Å². The van der Waals surface area contributed by atoms with Gasteiger partial charge in [-0.05, 0) is 67.0 Å². The first-order valence-corrected chi connectivity index (χ1v) is 9.43. The molecule has 0 bridgehead atoms. The lowest BCUT2D eigenvalue weighted by atomic mass is 10.00. The van der Waals surface area contributed by atoms with Gasteiger partial charge < -0.3 is 9.80 Å².